The Morgan fingerprint density at radius 1 is 0.952 bits per heavy atom. The maximum absolute atomic E-state index is 12.1. The van der Waals surface area contributed by atoms with Gasteiger partial charge in [0.2, 0.25) is 11.2 Å². The molecule has 0 bridgehead atoms. The predicted molar refractivity (Wildman–Crippen MR) is 77.3 cm³/mol. The fourth-order valence-electron chi connectivity index (χ4n) is 2.06. The van der Waals surface area contributed by atoms with Crippen molar-refractivity contribution in [1.29, 1.82) is 0 Å². The molecule has 0 radical (unpaired) electrons. The number of rotatable bonds is 1. The summed E-state index contributed by atoms with van der Waals surface area (Å²) in [5.41, 5.74) is 5.94. The quantitative estimate of drug-likeness (QED) is 0.402. The molecule has 0 spiro atoms. The summed E-state index contributed by atoms with van der Waals surface area (Å²) in [7, 11) is 0. The Morgan fingerprint density at radius 3 is 2.43 bits per heavy atom. The third-order valence-electron chi connectivity index (χ3n) is 3.13. The summed E-state index contributed by atoms with van der Waals surface area (Å²) in [6.45, 7) is 0. The third-order valence-corrected chi connectivity index (χ3v) is 3.13. The molecule has 0 aliphatic carbocycles. The van der Waals surface area contributed by atoms with E-state index in [1.165, 1.54) is 36.4 Å². The maximum atomic E-state index is 12.1. The fraction of sp³-hybridized carbons (Fsp3) is 0. The van der Waals surface area contributed by atoms with Gasteiger partial charge in [-0.25, -0.2) is 0 Å². The smallest absolute Gasteiger partial charge is 0.235 e. The second kappa shape index (κ2) is 4.45. The lowest BCUT2D eigenvalue weighted by Gasteiger charge is -2.07. The van der Waals surface area contributed by atoms with Gasteiger partial charge in [0.15, 0.2) is 17.3 Å². The second-order valence-electron chi connectivity index (χ2n) is 4.57. The van der Waals surface area contributed by atoms with Gasteiger partial charge in [-0.05, 0) is 30.3 Å². The summed E-state index contributed by atoms with van der Waals surface area (Å²) >= 11 is 0. The Kier molecular flexibility index (Phi) is 2.72. The van der Waals surface area contributed by atoms with E-state index >= 15 is 0 Å². The Hall–Kier alpha value is -3.15. The minimum atomic E-state index is -0.598. The predicted octanol–water partition coefficient (Wildman–Crippen LogP) is 2.16. The molecule has 6 nitrogen and oxygen atoms in total. The van der Waals surface area contributed by atoms with Crippen molar-refractivity contribution < 1.29 is 19.7 Å². The summed E-state index contributed by atoms with van der Waals surface area (Å²) in [5, 5.41) is 29.0. The molecule has 0 unspecified atom stereocenters. The number of anilines is 1. The summed E-state index contributed by atoms with van der Waals surface area (Å²) in [6.07, 6.45) is 0. The Balaban J connectivity index is 2.34. The van der Waals surface area contributed by atoms with Gasteiger partial charge in [-0.1, -0.05) is 0 Å². The van der Waals surface area contributed by atoms with E-state index in [1.54, 1.807) is 0 Å². The van der Waals surface area contributed by atoms with E-state index in [0.717, 1.165) is 0 Å². The van der Waals surface area contributed by atoms with Crippen LogP contribution in [0, 0.1) is 0 Å². The number of nitrogens with two attached hydrogens (primary N) is 1. The van der Waals surface area contributed by atoms with E-state index in [4.69, 9.17) is 10.2 Å². The van der Waals surface area contributed by atoms with Crippen molar-refractivity contribution in [3.8, 4) is 28.6 Å². The molecule has 106 valence electrons. The summed E-state index contributed by atoms with van der Waals surface area (Å²) < 4.78 is 5.51. The number of phenols is 2. The maximum Gasteiger partial charge on any atom is 0.235 e. The van der Waals surface area contributed by atoms with E-state index in [9.17, 15) is 20.1 Å². The molecule has 0 atom stereocenters. The Bertz CT molecular complexity index is 914. The van der Waals surface area contributed by atoms with Crippen LogP contribution < -0.4 is 11.2 Å². The van der Waals surface area contributed by atoms with Gasteiger partial charge in [0.05, 0.1) is 5.39 Å². The lowest BCUT2D eigenvalue weighted by atomic mass is 10.1. The normalized spacial score (nSPS) is 10.9. The van der Waals surface area contributed by atoms with Gasteiger partial charge in [0.1, 0.15) is 5.58 Å². The average molecular weight is 285 g/mol. The highest BCUT2D eigenvalue weighted by atomic mass is 16.4. The molecule has 3 rings (SSSR count). The lowest BCUT2D eigenvalue weighted by molar-refractivity contribution is 0.403. The molecule has 0 aliphatic rings. The van der Waals surface area contributed by atoms with E-state index in [1.807, 2.05) is 0 Å². The highest BCUT2D eigenvalue weighted by molar-refractivity contribution is 5.84. The van der Waals surface area contributed by atoms with E-state index in [-0.39, 0.29) is 33.8 Å². The first-order chi connectivity index (χ1) is 9.97. The fourth-order valence-corrected chi connectivity index (χ4v) is 2.06. The zero-order valence-electron chi connectivity index (χ0n) is 10.7. The molecule has 6 heteroatoms. The number of fused-ring (bicyclic) bond motifs is 1. The number of aromatic hydroxyl groups is 3. The summed E-state index contributed by atoms with van der Waals surface area (Å²) in [6, 6.07) is 8.29. The Labute approximate surface area is 118 Å². The van der Waals surface area contributed by atoms with Crippen molar-refractivity contribution in [3.63, 3.8) is 0 Å². The van der Waals surface area contributed by atoms with Crippen LogP contribution in [0.15, 0.2) is 45.6 Å². The minimum absolute atomic E-state index is 0.103. The molecule has 0 aliphatic heterocycles. The van der Waals surface area contributed by atoms with Crippen molar-refractivity contribution in [3.05, 3.63) is 46.6 Å². The molecule has 1 heterocycles. The summed E-state index contributed by atoms with van der Waals surface area (Å²) in [4.78, 5) is 12.1. The van der Waals surface area contributed by atoms with Crippen LogP contribution in [0.5, 0.6) is 17.2 Å². The molecule has 2 aromatic carbocycles. The van der Waals surface area contributed by atoms with Crippen molar-refractivity contribution in [2.24, 2.45) is 0 Å². The number of hydrogen-bond acceptors (Lipinski definition) is 6. The highest BCUT2D eigenvalue weighted by Gasteiger charge is 2.16. The first-order valence-corrected chi connectivity index (χ1v) is 6.05. The molecule has 0 fully saturated rings. The molecule has 1 aromatic heterocycles. The molecule has 3 aromatic rings. The minimum Gasteiger partial charge on any atom is -0.504 e. The van der Waals surface area contributed by atoms with Crippen molar-refractivity contribution in [2.45, 2.75) is 0 Å². The van der Waals surface area contributed by atoms with Crippen molar-refractivity contribution in [2.75, 3.05) is 5.73 Å². The lowest BCUT2D eigenvalue weighted by Crippen LogP contribution is -2.03. The van der Waals surface area contributed by atoms with Crippen LogP contribution in [-0.2, 0) is 0 Å². The topological polar surface area (TPSA) is 117 Å². The average Bonchev–Trinajstić information content (AvgIpc) is 2.45. The van der Waals surface area contributed by atoms with Gasteiger partial charge in [-0.2, -0.15) is 0 Å². The van der Waals surface area contributed by atoms with Gasteiger partial charge >= 0.3 is 0 Å². The van der Waals surface area contributed by atoms with Crippen LogP contribution in [0.4, 0.5) is 5.69 Å². The standard InChI is InChI=1S/C15H11NO5/c16-8-2-3-9-12(6-8)21-15(14(20)13(9)19)7-1-4-10(17)11(18)5-7/h1-6,17-18,20H,16H2. The van der Waals surface area contributed by atoms with Crippen LogP contribution in [0.25, 0.3) is 22.3 Å². The molecule has 0 saturated heterocycles. The first-order valence-electron chi connectivity index (χ1n) is 6.05. The van der Waals surface area contributed by atoms with E-state index in [0.29, 0.717) is 5.69 Å². The van der Waals surface area contributed by atoms with Crippen LogP contribution in [0.2, 0.25) is 0 Å². The number of phenolic OH excluding ortho intramolecular Hbond substituents is 2. The largest absolute Gasteiger partial charge is 0.504 e. The van der Waals surface area contributed by atoms with Crippen molar-refractivity contribution in [1.82, 2.24) is 0 Å². The van der Waals surface area contributed by atoms with E-state index in [2.05, 4.69) is 0 Å². The monoisotopic (exact) mass is 285 g/mol. The van der Waals surface area contributed by atoms with Gasteiger partial charge < -0.3 is 25.5 Å². The molecule has 0 saturated carbocycles. The molecule has 0 amide bonds. The Morgan fingerprint density at radius 2 is 1.71 bits per heavy atom. The number of nitrogen functional groups attached to an aromatic ring is 1. The van der Waals surface area contributed by atoms with Gasteiger partial charge in [-0.15, -0.1) is 0 Å². The number of hydrogen-bond donors (Lipinski definition) is 4. The zero-order chi connectivity index (χ0) is 15.1. The van der Waals surface area contributed by atoms with Gasteiger partial charge in [-0.3, -0.25) is 4.79 Å². The van der Waals surface area contributed by atoms with Gasteiger partial charge in [0.25, 0.3) is 0 Å². The molecular weight excluding hydrogens is 274 g/mol. The SMILES string of the molecule is Nc1ccc2c(=O)c(O)c(-c3ccc(O)c(O)c3)oc2c1. The molecule has 5 N–H and O–H groups in total. The third kappa shape index (κ3) is 2.02. The molecular formula is C15H11NO5. The summed E-state index contributed by atoms with van der Waals surface area (Å²) in [5.74, 6) is -1.38. The molecule has 21 heavy (non-hydrogen) atoms. The second-order valence-corrected chi connectivity index (χ2v) is 4.57. The highest BCUT2D eigenvalue weighted by Crippen LogP contribution is 2.35. The van der Waals surface area contributed by atoms with Gasteiger partial charge in [0, 0.05) is 17.3 Å². The van der Waals surface area contributed by atoms with Crippen LogP contribution in [0.3, 0.4) is 0 Å². The van der Waals surface area contributed by atoms with Crippen LogP contribution in [0.1, 0.15) is 0 Å². The number of benzene rings is 2. The van der Waals surface area contributed by atoms with Crippen molar-refractivity contribution >= 4 is 16.7 Å². The van der Waals surface area contributed by atoms with Crippen LogP contribution >= 0.6 is 0 Å². The van der Waals surface area contributed by atoms with Crippen LogP contribution in [-0.4, -0.2) is 15.3 Å². The first kappa shape index (κ1) is 12.9. The zero-order valence-corrected chi connectivity index (χ0v) is 10.7. The van der Waals surface area contributed by atoms with E-state index < -0.39 is 11.2 Å².